The Morgan fingerprint density at radius 3 is 2.72 bits per heavy atom. The smallest absolute Gasteiger partial charge is 0.247 e. The van der Waals surface area contributed by atoms with Crippen molar-refractivity contribution in [2.75, 3.05) is 5.32 Å². The summed E-state index contributed by atoms with van der Waals surface area (Å²) in [4.78, 5) is 40.6. The summed E-state index contributed by atoms with van der Waals surface area (Å²) in [7, 11) is 0. The number of likely N-dealkylation sites (tertiary alicyclic amines) is 1. The molecule has 2 heterocycles. The number of fused-ring (bicyclic) bond motifs is 2. The van der Waals surface area contributed by atoms with Crippen LogP contribution in [0.4, 0.5) is 5.69 Å². The summed E-state index contributed by atoms with van der Waals surface area (Å²) in [6.07, 6.45) is 3.22. The molecule has 1 aliphatic carbocycles. The van der Waals surface area contributed by atoms with Gasteiger partial charge in [0.25, 0.3) is 0 Å². The van der Waals surface area contributed by atoms with Gasteiger partial charge in [-0.05, 0) is 49.9 Å². The largest absolute Gasteiger partial charge is 0.382 e. The number of aromatic nitrogens is 1. The number of Topliss-reactive ketones (excluding diaryl/α,β-unsaturated/α-hetero) is 1. The average Bonchev–Trinajstić information content (AvgIpc) is 3.34. The molecule has 184 valence electrons. The van der Waals surface area contributed by atoms with Crippen LogP contribution < -0.4 is 11.1 Å². The second-order valence-electron chi connectivity index (χ2n) is 9.16. The number of amidine groups is 1. The van der Waals surface area contributed by atoms with Crippen molar-refractivity contribution in [3.8, 4) is 0 Å². The first-order chi connectivity index (χ1) is 17.3. The zero-order chi connectivity index (χ0) is 25.6. The number of nitrogens with one attached hydrogen (secondary N) is 2. The van der Waals surface area contributed by atoms with E-state index in [-0.39, 0.29) is 36.0 Å². The van der Waals surface area contributed by atoms with Crippen molar-refractivity contribution in [2.24, 2.45) is 22.0 Å². The van der Waals surface area contributed by atoms with Crippen LogP contribution >= 0.6 is 15.9 Å². The minimum Gasteiger partial charge on any atom is -0.382 e. The third kappa shape index (κ3) is 4.41. The normalized spacial score (nSPS) is 20.8. The van der Waals surface area contributed by atoms with Crippen molar-refractivity contribution >= 4 is 56.0 Å². The fourth-order valence-corrected chi connectivity index (χ4v) is 5.57. The summed E-state index contributed by atoms with van der Waals surface area (Å²) < 4.78 is 2.46. The van der Waals surface area contributed by atoms with E-state index >= 15 is 0 Å². The molecule has 10 nitrogen and oxygen atoms in total. The first-order valence-electron chi connectivity index (χ1n) is 11.5. The fourth-order valence-electron chi connectivity index (χ4n) is 5.08. The SMILES string of the molecule is CC(=O)c1cn(CC(=O)N2C(C(=O)Nc3cc(Br)cc(C(N)=NN=N)c3)CC3CC32)c2ccccc12. The summed E-state index contributed by atoms with van der Waals surface area (Å²) in [5.74, 6) is -0.127. The maximum absolute atomic E-state index is 13.5. The standard InChI is InChI=1S/C25H24BrN7O3/c1-13(34)19-11-32(20-5-3-2-4-18(19)20)12-23(35)33-21-8-14(21)9-22(33)25(36)29-17-7-15(6-16(26)10-17)24(27)30-31-28/h2-7,10-11,14,21-22H,8-9,12H2,1H3,(H,29,36)(H3,27,28,30). The number of carbonyl (C=O) groups is 3. The Bertz CT molecular complexity index is 1450. The third-order valence-corrected chi connectivity index (χ3v) is 7.25. The molecule has 4 N–H and O–H groups in total. The van der Waals surface area contributed by atoms with Crippen LogP contribution in [0.2, 0.25) is 0 Å². The van der Waals surface area contributed by atoms with Gasteiger partial charge in [0.15, 0.2) is 11.6 Å². The van der Waals surface area contributed by atoms with Crippen molar-refractivity contribution in [1.82, 2.24) is 9.47 Å². The Kier molecular flexibility index (Phi) is 6.17. The molecule has 1 aromatic heterocycles. The van der Waals surface area contributed by atoms with Gasteiger partial charge in [0.2, 0.25) is 11.8 Å². The summed E-state index contributed by atoms with van der Waals surface area (Å²) in [6, 6.07) is 12.0. The van der Waals surface area contributed by atoms with Crippen molar-refractivity contribution in [2.45, 2.75) is 38.4 Å². The third-order valence-electron chi connectivity index (χ3n) is 6.79. The van der Waals surface area contributed by atoms with Crippen LogP contribution in [0.15, 0.2) is 63.5 Å². The predicted octanol–water partition coefficient (Wildman–Crippen LogP) is 3.89. The Labute approximate surface area is 215 Å². The van der Waals surface area contributed by atoms with Gasteiger partial charge < -0.3 is 20.5 Å². The van der Waals surface area contributed by atoms with Gasteiger partial charge >= 0.3 is 0 Å². The van der Waals surface area contributed by atoms with E-state index in [1.165, 1.54) is 6.92 Å². The number of rotatable bonds is 7. The van der Waals surface area contributed by atoms with Crippen molar-refractivity contribution in [3.63, 3.8) is 0 Å². The molecule has 5 rings (SSSR count). The number of carbonyl (C=O) groups excluding carboxylic acids is 3. The van der Waals surface area contributed by atoms with Crippen molar-refractivity contribution < 1.29 is 14.4 Å². The summed E-state index contributed by atoms with van der Waals surface area (Å²) >= 11 is 3.40. The minimum absolute atomic E-state index is 0.0459. The van der Waals surface area contributed by atoms with Crippen LogP contribution in [-0.4, -0.2) is 45.0 Å². The first-order valence-corrected chi connectivity index (χ1v) is 12.3. The van der Waals surface area contributed by atoms with Crippen molar-refractivity contribution in [3.05, 3.63) is 64.3 Å². The lowest BCUT2D eigenvalue weighted by Gasteiger charge is -2.27. The number of anilines is 1. The number of piperidine rings is 1. The molecule has 1 saturated carbocycles. The zero-order valence-electron chi connectivity index (χ0n) is 19.4. The fraction of sp³-hybridized carbons (Fsp3) is 0.280. The quantitative estimate of drug-likeness (QED) is 0.135. The number of nitrogens with zero attached hydrogens (tertiary/aromatic N) is 4. The van der Waals surface area contributed by atoms with Crippen LogP contribution in [0.1, 0.15) is 35.7 Å². The van der Waals surface area contributed by atoms with Gasteiger partial charge in [-0.15, -0.1) is 5.10 Å². The molecule has 1 aliphatic heterocycles. The molecule has 0 spiro atoms. The van der Waals surface area contributed by atoms with E-state index < -0.39 is 6.04 Å². The Hall–Kier alpha value is -3.86. The number of halogens is 1. The molecule has 2 aromatic carbocycles. The average molecular weight is 550 g/mol. The number of para-hydroxylation sites is 1. The molecule has 2 fully saturated rings. The van der Waals surface area contributed by atoms with E-state index in [4.69, 9.17) is 11.3 Å². The van der Waals surface area contributed by atoms with E-state index in [1.807, 2.05) is 24.3 Å². The Balaban J connectivity index is 1.37. The number of amides is 2. The lowest BCUT2D eigenvalue weighted by atomic mass is 10.1. The molecular weight excluding hydrogens is 526 g/mol. The summed E-state index contributed by atoms with van der Waals surface area (Å²) in [6.45, 7) is 1.56. The molecule has 0 bridgehead atoms. The molecule has 0 radical (unpaired) electrons. The highest BCUT2D eigenvalue weighted by Gasteiger charge is 2.56. The molecule has 3 atom stereocenters. The van der Waals surface area contributed by atoms with Gasteiger partial charge in [0.05, 0.1) is 0 Å². The van der Waals surface area contributed by atoms with Crippen LogP contribution in [-0.2, 0) is 16.1 Å². The van der Waals surface area contributed by atoms with E-state index in [0.29, 0.717) is 33.6 Å². The van der Waals surface area contributed by atoms with E-state index in [0.717, 1.165) is 17.3 Å². The van der Waals surface area contributed by atoms with Gasteiger partial charge in [0.1, 0.15) is 12.6 Å². The van der Waals surface area contributed by atoms with Crippen LogP contribution in [0.3, 0.4) is 0 Å². The number of hydrogen-bond donors (Lipinski definition) is 3. The maximum atomic E-state index is 13.5. The molecule has 11 heteroatoms. The van der Waals surface area contributed by atoms with Crippen LogP contribution in [0.25, 0.3) is 10.9 Å². The van der Waals surface area contributed by atoms with Crippen molar-refractivity contribution in [1.29, 1.82) is 5.53 Å². The minimum atomic E-state index is -0.591. The molecule has 36 heavy (non-hydrogen) atoms. The number of ketones is 1. The monoisotopic (exact) mass is 549 g/mol. The van der Waals surface area contributed by atoms with E-state index in [2.05, 4.69) is 31.6 Å². The molecular formula is C25H24BrN7O3. The molecule has 2 aliphatic rings. The molecule has 3 unspecified atom stereocenters. The summed E-state index contributed by atoms with van der Waals surface area (Å²) in [5, 5.41) is 10.2. The van der Waals surface area contributed by atoms with E-state index in [1.54, 1.807) is 33.9 Å². The first kappa shape index (κ1) is 23.9. The van der Waals surface area contributed by atoms with Crippen LogP contribution in [0.5, 0.6) is 0 Å². The summed E-state index contributed by atoms with van der Waals surface area (Å²) in [5.41, 5.74) is 15.1. The number of hydrogen-bond acceptors (Lipinski definition) is 5. The lowest BCUT2D eigenvalue weighted by Crippen LogP contribution is -2.46. The maximum Gasteiger partial charge on any atom is 0.247 e. The number of benzene rings is 2. The Morgan fingerprint density at radius 1 is 1.19 bits per heavy atom. The van der Waals surface area contributed by atoms with Gasteiger partial charge in [-0.3, -0.25) is 14.4 Å². The molecule has 2 amide bonds. The number of nitrogens with two attached hydrogens (primary N) is 1. The highest BCUT2D eigenvalue weighted by molar-refractivity contribution is 9.10. The van der Waals surface area contributed by atoms with Crippen LogP contribution in [0, 0.1) is 11.4 Å². The van der Waals surface area contributed by atoms with E-state index in [9.17, 15) is 14.4 Å². The molecule has 1 saturated heterocycles. The zero-order valence-corrected chi connectivity index (χ0v) is 21.0. The highest BCUT2D eigenvalue weighted by Crippen LogP contribution is 2.48. The topological polar surface area (TPSA) is 146 Å². The van der Waals surface area contributed by atoms with Gasteiger partial charge in [-0.1, -0.05) is 39.4 Å². The predicted molar refractivity (Wildman–Crippen MR) is 138 cm³/mol. The molecule has 3 aromatic rings. The highest BCUT2D eigenvalue weighted by atomic mass is 79.9. The van der Waals surface area contributed by atoms with Gasteiger partial charge in [-0.2, -0.15) is 5.53 Å². The second-order valence-corrected chi connectivity index (χ2v) is 10.1. The van der Waals surface area contributed by atoms with Gasteiger partial charge in [-0.25, -0.2) is 0 Å². The van der Waals surface area contributed by atoms with Gasteiger partial charge in [0, 0.05) is 44.4 Å². The Morgan fingerprint density at radius 2 is 1.97 bits per heavy atom. The lowest BCUT2D eigenvalue weighted by molar-refractivity contribution is -0.138. The second kappa shape index (κ2) is 9.30.